The molecule has 0 N–H and O–H groups in total. The first-order valence-corrected chi connectivity index (χ1v) is 11.3. The van der Waals surface area contributed by atoms with Crippen molar-refractivity contribution in [3.05, 3.63) is 82.0 Å². The Labute approximate surface area is 197 Å². The molecule has 0 unspecified atom stereocenters. The van der Waals surface area contributed by atoms with Crippen LogP contribution in [0.1, 0.15) is 17.5 Å². The van der Waals surface area contributed by atoms with Gasteiger partial charge < -0.3 is 19.1 Å². The molecular weight excluding hydrogens is 505 g/mol. The van der Waals surface area contributed by atoms with Gasteiger partial charge in [-0.3, -0.25) is 4.79 Å². The minimum absolute atomic E-state index is 0.0815. The number of hydrogen-bond acceptors (Lipinski definition) is 4. The van der Waals surface area contributed by atoms with Crippen molar-refractivity contribution < 1.29 is 19.0 Å². The van der Waals surface area contributed by atoms with Crippen molar-refractivity contribution >= 4 is 28.5 Å². The summed E-state index contributed by atoms with van der Waals surface area (Å²) >= 11 is 2.27. The van der Waals surface area contributed by atoms with Crippen LogP contribution in [0.3, 0.4) is 0 Å². The lowest BCUT2D eigenvalue weighted by Crippen LogP contribution is -2.47. The Morgan fingerprint density at radius 3 is 2.58 bits per heavy atom. The van der Waals surface area contributed by atoms with Crippen LogP contribution in [0.25, 0.3) is 0 Å². The molecule has 164 valence electrons. The van der Waals surface area contributed by atoms with Crippen LogP contribution in [0.5, 0.6) is 11.5 Å². The van der Waals surface area contributed by atoms with E-state index in [-0.39, 0.29) is 17.9 Å². The molecule has 0 saturated heterocycles. The van der Waals surface area contributed by atoms with E-state index in [1.165, 1.54) is 0 Å². The first-order chi connectivity index (χ1) is 15.1. The van der Waals surface area contributed by atoms with Crippen LogP contribution < -0.4 is 9.47 Å². The SMILES string of the molecule is C=CC[C@H]1C(=O)N(Cc2ccc(OC)cc2OC)[C@@H](COCc2ccccc2)C=C1I. The highest BCUT2D eigenvalue weighted by Crippen LogP contribution is 2.34. The lowest BCUT2D eigenvalue weighted by Gasteiger charge is -2.37. The van der Waals surface area contributed by atoms with E-state index in [9.17, 15) is 4.79 Å². The fourth-order valence-corrected chi connectivity index (χ4v) is 4.56. The van der Waals surface area contributed by atoms with Crippen molar-refractivity contribution in [3.63, 3.8) is 0 Å². The monoisotopic (exact) mass is 533 g/mol. The number of carbonyl (C=O) groups is 1. The van der Waals surface area contributed by atoms with Gasteiger partial charge in [-0.2, -0.15) is 0 Å². The summed E-state index contributed by atoms with van der Waals surface area (Å²) in [5.74, 6) is 1.29. The van der Waals surface area contributed by atoms with Crippen molar-refractivity contribution in [2.75, 3.05) is 20.8 Å². The molecule has 0 radical (unpaired) electrons. The van der Waals surface area contributed by atoms with E-state index in [2.05, 4.69) is 35.2 Å². The number of ether oxygens (including phenoxy) is 3. The van der Waals surface area contributed by atoms with Gasteiger partial charge in [0.2, 0.25) is 5.91 Å². The molecule has 1 heterocycles. The maximum Gasteiger partial charge on any atom is 0.231 e. The van der Waals surface area contributed by atoms with Crippen molar-refractivity contribution in [1.29, 1.82) is 0 Å². The molecule has 3 rings (SSSR count). The summed E-state index contributed by atoms with van der Waals surface area (Å²) in [6.45, 7) is 5.18. The zero-order chi connectivity index (χ0) is 22.2. The summed E-state index contributed by atoms with van der Waals surface area (Å²) in [5.41, 5.74) is 2.03. The first kappa shape index (κ1) is 23.3. The van der Waals surface area contributed by atoms with E-state index in [0.717, 1.165) is 14.7 Å². The summed E-state index contributed by atoms with van der Waals surface area (Å²) < 4.78 is 17.9. The third-order valence-corrected chi connectivity index (χ3v) is 6.41. The Morgan fingerprint density at radius 1 is 1.13 bits per heavy atom. The molecule has 6 heteroatoms. The third kappa shape index (κ3) is 5.89. The smallest absolute Gasteiger partial charge is 0.231 e. The van der Waals surface area contributed by atoms with Gasteiger partial charge in [0.25, 0.3) is 0 Å². The van der Waals surface area contributed by atoms with E-state index in [1.807, 2.05) is 53.4 Å². The van der Waals surface area contributed by atoms with Crippen LogP contribution in [0.2, 0.25) is 0 Å². The fourth-order valence-electron chi connectivity index (χ4n) is 3.62. The summed E-state index contributed by atoms with van der Waals surface area (Å²) in [4.78, 5) is 15.3. The summed E-state index contributed by atoms with van der Waals surface area (Å²) in [6.07, 6.45) is 4.55. The van der Waals surface area contributed by atoms with E-state index >= 15 is 0 Å². The van der Waals surface area contributed by atoms with E-state index in [1.54, 1.807) is 20.3 Å². The van der Waals surface area contributed by atoms with Crippen molar-refractivity contribution in [3.8, 4) is 11.5 Å². The maximum absolute atomic E-state index is 13.4. The molecule has 0 aliphatic carbocycles. The fraction of sp³-hybridized carbons (Fsp3) is 0.320. The molecule has 1 aliphatic rings. The second-order valence-corrected chi connectivity index (χ2v) is 8.59. The van der Waals surface area contributed by atoms with Crippen LogP contribution in [0.4, 0.5) is 0 Å². The molecule has 31 heavy (non-hydrogen) atoms. The Balaban J connectivity index is 1.82. The average molecular weight is 533 g/mol. The van der Waals surface area contributed by atoms with E-state index in [4.69, 9.17) is 14.2 Å². The van der Waals surface area contributed by atoms with Crippen molar-refractivity contribution in [1.82, 2.24) is 4.90 Å². The predicted molar refractivity (Wildman–Crippen MR) is 130 cm³/mol. The summed E-state index contributed by atoms with van der Waals surface area (Å²) in [6, 6.07) is 15.5. The Kier molecular flexibility index (Phi) is 8.54. The highest BCUT2D eigenvalue weighted by Gasteiger charge is 2.35. The van der Waals surface area contributed by atoms with Gasteiger partial charge in [0.15, 0.2) is 0 Å². The quantitative estimate of drug-likeness (QED) is 0.314. The van der Waals surface area contributed by atoms with Gasteiger partial charge in [-0.05, 0) is 52.8 Å². The number of methoxy groups -OCH3 is 2. The molecule has 0 fully saturated rings. The van der Waals surface area contributed by atoms with Crippen molar-refractivity contribution in [2.24, 2.45) is 5.92 Å². The molecule has 0 bridgehead atoms. The Morgan fingerprint density at radius 2 is 1.90 bits per heavy atom. The first-order valence-electron chi connectivity index (χ1n) is 10.2. The molecule has 2 atom stereocenters. The van der Waals surface area contributed by atoms with Crippen LogP contribution in [0.15, 0.2) is 70.8 Å². The molecule has 1 aliphatic heterocycles. The lowest BCUT2D eigenvalue weighted by atomic mass is 9.96. The topological polar surface area (TPSA) is 48.0 Å². The van der Waals surface area contributed by atoms with Gasteiger partial charge >= 0.3 is 0 Å². The van der Waals surface area contributed by atoms with Crippen LogP contribution >= 0.6 is 22.6 Å². The van der Waals surface area contributed by atoms with Gasteiger partial charge in [0.1, 0.15) is 11.5 Å². The van der Waals surface area contributed by atoms with Gasteiger partial charge in [-0.25, -0.2) is 0 Å². The second kappa shape index (κ2) is 11.3. The van der Waals surface area contributed by atoms with Crippen LogP contribution in [-0.4, -0.2) is 37.7 Å². The van der Waals surface area contributed by atoms with Gasteiger partial charge in [-0.1, -0.05) is 36.4 Å². The number of benzene rings is 2. The zero-order valence-electron chi connectivity index (χ0n) is 17.9. The number of amides is 1. The highest BCUT2D eigenvalue weighted by atomic mass is 127. The number of carbonyl (C=O) groups excluding carboxylic acids is 1. The third-order valence-electron chi connectivity index (χ3n) is 5.30. The number of halogens is 1. The normalized spacial score (nSPS) is 18.5. The Bertz CT molecular complexity index is 928. The minimum Gasteiger partial charge on any atom is -0.497 e. The standard InChI is InChI=1S/C25H28INO4/c1-4-8-22-23(26)13-20(17-31-16-18-9-6-5-7-10-18)27(25(22)28)15-19-11-12-21(29-2)14-24(19)30-3/h4-7,9-14,20,22H,1,8,15-17H2,2-3H3/t20-,22-/m1/s1. The molecule has 0 spiro atoms. The van der Waals surface area contributed by atoms with Crippen molar-refractivity contribution in [2.45, 2.75) is 25.6 Å². The summed E-state index contributed by atoms with van der Waals surface area (Å²) in [7, 11) is 3.25. The molecular formula is C25H28INO4. The van der Waals surface area contributed by atoms with Gasteiger partial charge in [-0.15, -0.1) is 6.58 Å². The molecule has 1 amide bonds. The molecule has 2 aromatic carbocycles. The van der Waals surface area contributed by atoms with Gasteiger partial charge in [0.05, 0.1) is 45.9 Å². The number of rotatable bonds is 10. The lowest BCUT2D eigenvalue weighted by molar-refractivity contribution is -0.138. The molecule has 2 aromatic rings. The molecule has 0 saturated carbocycles. The zero-order valence-corrected chi connectivity index (χ0v) is 20.1. The number of allylic oxidation sites excluding steroid dienone is 1. The predicted octanol–water partition coefficient (Wildman–Crippen LogP) is 5.14. The van der Waals surface area contributed by atoms with E-state index < -0.39 is 0 Å². The maximum atomic E-state index is 13.4. The summed E-state index contributed by atoms with van der Waals surface area (Å²) in [5, 5.41) is 0. The number of hydrogen-bond donors (Lipinski definition) is 0. The second-order valence-electron chi connectivity index (χ2n) is 7.34. The average Bonchev–Trinajstić information content (AvgIpc) is 2.79. The highest BCUT2D eigenvalue weighted by molar-refractivity contribution is 14.1. The van der Waals surface area contributed by atoms with Crippen LogP contribution in [0, 0.1) is 5.92 Å². The molecule has 0 aromatic heterocycles. The number of nitrogens with zero attached hydrogens (tertiary/aromatic N) is 1. The van der Waals surface area contributed by atoms with Gasteiger partial charge in [0, 0.05) is 15.2 Å². The minimum atomic E-state index is -0.201. The van der Waals surface area contributed by atoms with Crippen LogP contribution in [-0.2, 0) is 22.7 Å². The molecule has 5 nitrogen and oxygen atoms in total. The van der Waals surface area contributed by atoms with E-state index in [0.29, 0.717) is 37.7 Å². The Hall–Kier alpha value is -2.32. The largest absolute Gasteiger partial charge is 0.497 e.